The first-order valence-electron chi connectivity index (χ1n) is 3.19. The lowest BCUT2D eigenvalue weighted by Gasteiger charge is -2.05. The zero-order chi connectivity index (χ0) is 6.69. The standard InChI is InChI=1S/C6H12FNO/c1-9-4-6-2-5(7)3-8-6/h5-6,8H,2-4H2,1H3/t5-,6-/m1/s1. The highest BCUT2D eigenvalue weighted by molar-refractivity contribution is 4.80. The van der Waals surface area contributed by atoms with Crippen molar-refractivity contribution >= 4 is 0 Å². The average Bonchev–Trinajstić information content (AvgIpc) is 2.17. The monoisotopic (exact) mass is 133 g/mol. The van der Waals surface area contributed by atoms with E-state index < -0.39 is 6.17 Å². The third kappa shape index (κ3) is 1.91. The molecule has 2 atom stereocenters. The van der Waals surface area contributed by atoms with Crippen LogP contribution in [0.5, 0.6) is 0 Å². The van der Waals surface area contributed by atoms with Gasteiger partial charge in [-0.3, -0.25) is 0 Å². The summed E-state index contributed by atoms with van der Waals surface area (Å²) in [5, 5.41) is 3.01. The van der Waals surface area contributed by atoms with Gasteiger partial charge in [-0.25, -0.2) is 4.39 Å². The van der Waals surface area contributed by atoms with Crippen LogP contribution in [0.4, 0.5) is 4.39 Å². The molecule has 0 aromatic heterocycles. The van der Waals surface area contributed by atoms with Gasteiger partial charge in [-0.15, -0.1) is 0 Å². The van der Waals surface area contributed by atoms with E-state index in [0.717, 1.165) is 0 Å². The minimum absolute atomic E-state index is 0.241. The van der Waals surface area contributed by atoms with Crippen molar-refractivity contribution in [2.24, 2.45) is 0 Å². The van der Waals surface area contributed by atoms with Crippen molar-refractivity contribution in [2.75, 3.05) is 20.3 Å². The summed E-state index contributed by atoms with van der Waals surface area (Å²) in [4.78, 5) is 0. The second-order valence-electron chi connectivity index (χ2n) is 2.39. The van der Waals surface area contributed by atoms with E-state index in [1.165, 1.54) is 0 Å². The van der Waals surface area contributed by atoms with E-state index in [-0.39, 0.29) is 6.04 Å². The second kappa shape index (κ2) is 3.13. The molecule has 1 saturated heterocycles. The number of alkyl halides is 1. The minimum Gasteiger partial charge on any atom is -0.383 e. The van der Waals surface area contributed by atoms with E-state index in [1.54, 1.807) is 7.11 Å². The van der Waals surface area contributed by atoms with E-state index in [2.05, 4.69) is 5.32 Å². The van der Waals surface area contributed by atoms with Crippen LogP contribution < -0.4 is 5.32 Å². The lowest BCUT2D eigenvalue weighted by atomic mass is 10.2. The number of hydrogen-bond donors (Lipinski definition) is 1. The summed E-state index contributed by atoms with van der Waals surface area (Å²) >= 11 is 0. The van der Waals surface area contributed by atoms with Crippen LogP contribution in [0.1, 0.15) is 6.42 Å². The van der Waals surface area contributed by atoms with Gasteiger partial charge in [0.05, 0.1) is 6.61 Å². The van der Waals surface area contributed by atoms with Crippen molar-refractivity contribution in [1.29, 1.82) is 0 Å². The van der Waals surface area contributed by atoms with Gasteiger partial charge in [-0.2, -0.15) is 0 Å². The fraction of sp³-hybridized carbons (Fsp3) is 1.00. The highest BCUT2D eigenvalue weighted by Gasteiger charge is 2.22. The number of rotatable bonds is 2. The Morgan fingerprint density at radius 2 is 2.56 bits per heavy atom. The normalized spacial score (nSPS) is 35.3. The lowest BCUT2D eigenvalue weighted by Crippen LogP contribution is -2.25. The fourth-order valence-electron chi connectivity index (χ4n) is 1.10. The van der Waals surface area contributed by atoms with Gasteiger partial charge in [0.2, 0.25) is 0 Å². The molecule has 0 unspecified atom stereocenters. The lowest BCUT2D eigenvalue weighted by molar-refractivity contribution is 0.171. The van der Waals surface area contributed by atoms with Gasteiger partial charge in [0.15, 0.2) is 0 Å². The van der Waals surface area contributed by atoms with Gasteiger partial charge < -0.3 is 10.1 Å². The van der Waals surface area contributed by atoms with Gasteiger partial charge in [-0.05, 0) is 6.42 Å². The Kier molecular flexibility index (Phi) is 2.42. The highest BCUT2D eigenvalue weighted by Crippen LogP contribution is 2.09. The Balaban J connectivity index is 2.14. The zero-order valence-corrected chi connectivity index (χ0v) is 5.56. The van der Waals surface area contributed by atoms with Crippen LogP contribution in [0.25, 0.3) is 0 Å². The molecule has 0 amide bonds. The average molecular weight is 133 g/mol. The molecule has 0 bridgehead atoms. The summed E-state index contributed by atoms with van der Waals surface area (Å²) in [5.41, 5.74) is 0. The minimum atomic E-state index is -0.662. The zero-order valence-electron chi connectivity index (χ0n) is 5.56. The Morgan fingerprint density at radius 3 is 3.00 bits per heavy atom. The fourth-order valence-corrected chi connectivity index (χ4v) is 1.10. The van der Waals surface area contributed by atoms with Crippen LogP contribution in [-0.2, 0) is 4.74 Å². The first-order valence-corrected chi connectivity index (χ1v) is 3.19. The topological polar surface area (TPSA) is 21.3 Å². The molecule has 1 fully saturated rings. The smallest absolute Gasteiger partial charge is 0.114 e. The quantitative estimate of drug-likeness (QED) is 0.586. The number of hydrogen-bond acceptors (Lipinski definition) is 2. The van der Waals surface area contributed by atoms with E-state index in [9.17, 15) is 4.39 Å². The molecule has 1 aliphatic heterocycles. The molecule has 0 aromatic rings. The Labute approximate surface area is 54.4 Å². The molecule has 0 aliphatic carbocycles. The van der Waals surface area contributed by atoms with Gasteiger partial charge in [0.1, 0.15) is 6.17 Å². The van der Waals surface area contributed by atoms with Crippen molar-refractivity contribution in [3.8, 4) is 0 Å². The summed E-state index contributed by atoms with van der Waals surface area (Å²) < 4.78 is 17.2. The van der Waals surface area contributed by atoms with E-state index in [4.69, 9.17) is 4.74 Å². The van der Waals surface area contributed by atoms with Crippen LogP contribution in [-0.4, -0.2) is 32.5 Å². The van der Waals surface area contributed by atoms with Crippen molar-refractivity contribution in [3.05, 3.63) is 0 Å². The van der Waals surface area contributed by atoms with Crippen molar-refractivity contribution < 1.29 is 9.13 Å². The number of nitrogens with one attached hydrogen (secondary N) is 1. The molecule has 0 saturated carbocycles. The molecule has 1 heterocycles. The predicted octanol–water partition coefficient (Wildman–Crippen LogP) is 0.333. The first-order chi connectivity index (χ1) is 4.33. The summed E-state index contributed by atoms with van der Waals surface area (Å²) in [5.74, 6) is 0. The third-order valence-corrected chi connectivity index (χ3v) is 1.54. The molecule has 1 rings (SSSR count). The summed E-state index contributed by atoms with van der Waals surface area (Å²) in [6.45, 7) is 1.12. The summed E-state index contributed by atoms with van der Waals surface area (Å²) in [6.07, 6.45) is -0.0569. The maximum Gasteiger partial charge on any atom is 0.114 e. The van der Waals surface area contributed by atoms with Gasteiger partial charge in [-0.1, -0.05) is 0 Å². The number of methoxy groups -OCH3 is 1. The van der Waals surface area contributed by atoms with Gasteiger partial charge in [0.25, 0.3) is 0 Å². The first kappa shape index (κ1) is 6.96. The van der Waals surface area contributed by atoms with Crippen molar-refractivity contribution in [1.82, 2.24) is 5.32 Å². The SMILES string of the molecule is COC[C@H]1C[C@@H](F)CN1. The maximum absolute atomic E-state index is 12.4. The van der Waals surface area contributed by atoms with Crippen LogP contribution >= 0.6 is 0 Å². The molecule has 1 aliphatic rings. The summed E-state index contributed by atoms with van der Waals surface area (Å²) in [7, 11) is 1.63. The molecule has 9 heavy (non-hydrogen) atoms. The van der Waals surface area contributed by atoms with Crippen molar-refractivity contribution in [3.63, 3.8) is 0 Å². The van der Waals surface area contributed by atoms with Gasteiger partial charge in [0, 0.05) is 19.7 Å². The maximum atomic E-state index is 12.4. The van der Waals surface area contributed by atoms with E-state index in [0.29, 0.717) is 19.6 Å². The Bertz CT molecular complexity index is 87.1. The molecule has 1 N–H and O–H groups in total. The van der Waals surface area contributed by atoms with Crippen LogP contribution in [0.2, 0.25) is 0 Å². The largest absolute Gasteiger partial charge is 0.383 e. The van der Waals surface area contributed by atoms with Crippen molar-refractivity contribution in [2.45, 2.75) is 18.6 Å². The molecule has 0 aromatic carbocycles. The molecule has 2 nitrogen and oxygen atoms in total. The van der Waals surface area contributed by atoms with E-state index >= 15 is 0 Å². The Morgan fingerprint density at radius 1 is 1.78 bits per heavy atom. The third-order valence-electron chi connectivity index (χ3n) is 1.54. The highest BCUT2D eigenvalue weighted by atomic mass is 19.1. The number of halogens is 1. The molecule has 0 spiro atoms. The second-order valence-corrected chi connectivity index (χ2v) is 2.39. The van der Waals surface area contributed by atoms with Crippen LogP contribution in [0, 0.1) is 0 Å². The molecular formula is C6H12FNO. The number of ether oxygens (including phenoxy) is 1. The molecule has 54 valence electrons. The molecule has 3 heteroatoms. The van der Waals surface area contributed by atoms with Crippen LogP contribution in [0.3, 0.4) is 0 Å². The Hall–Kier alpha value is -0.150. The van der Waals surface area contributed by atoms with E-state index in [1.807, 2.05) is 0 Å². The van der Waals surface area contributed by atoms with Crippen LogP contribution in [0.15, 0.2) is 0 Å². The predicted molar refractivity (Wildman–Crippen MR) is 33.2 cm³/mol. The van der Waals surface area contributed by atoms with Gasteiger partial charge >= 0.3 is 0 Å². The summed E-state index contributed by atoms with van der Waals surface area (Å²) in [6, 6.07) is 0.241. The molecular weight excluding hydrogens is 121 g/mol. The molecule has 0 radical (unpaired) electrons.